The molecule has 4 N–H and O–H groups in total. The van der Waals surface area contributed by atoms with Crippen molar-refractivity contribution in [2.45, 2.75) is 31.5 Å². The summed E-state index contributed by atoms with van der Waals surface area (Å²) in [5.74, 6) is -3.41. The number of rotatable bonds is 6. The van der Waals surface area contributed by atoms with Crippen LogP contribution in [0.4, 0.5) is 17.6 Å². The highest BCUT2D eigenvalue weighted by Crippen LogP contribution is 2.41. The molecule has 0 radical (unpaired) electrons. The molecule has 2 aromatic heterocycles. The second-order valence-electron chi connectivity index (χ2n) is 6.39. The maximum atomic E-state index is 13.8. The van der Waals surface area contributed by atoms with Crippen LogP contribution in [-0.4, -0.2) is 32.9 Å². The molecule has 2 heterocycles. The number of hydrogen-bond donors (Lipinski definition) is 2. The summed E-state index contributed by atoms with van der Waals surface area (Å²) in [7, 11) is 0. The molecule has 0 saturated heterocycles. The van der Waals surface area contributed by atoms with Gasteiger partial charge in [-0.05, 0) is 41.6 Å². The van der Waals surface area contributed by atoms with Crippen LogP contribution in [0.2, 0.25) is 0 Å². The first-order valence-electron chi connectivity index (χ1n) is 8.47. The lowest BCUT2D eigenvalue weighted by Gasteiger charge is -2.35. The van der Waals surface area contributed by atoms with Gasteiger partial charge in [0.2, 0.25) is 5.88 Å². The minimum Gasteiger partial charge on any atom is -0.491 e. The van der Waals surface area contributed by atoms with Crippen molar-refractivity contribution in [2.24, 2.45) is 0 Å². The molecule has 1 saturated carbocycles. The zero-order chi connectivity index (χ0) is 20.5. The van der Waals surface area contributed by atoms with Crippen LogP contribution in [-0.2, 0) is 0 Å². The Balaban J connectivity index is 0.00000256. The Kier molecular flexibility index (Phi) is 6.06. The second kappa shape index (κ2) is 8.53. The first-order chi connectivity index (χ1) is 13.9. The second-order valence-corrected chi connectivity index (χ2v) is 6.39. The first kappa shape index (κ1) is 21.3. The van der Waals surface area contributed by atoms with E-state index in [1.165, 1.54) is 18.5 Å². The van der Waals surface area contributed by atoms with Gasteiger partial charge >= 0.3 is 6.61 Å². The van der Waals surface area contributed by atoms with E-state index in [9.17, 15) is 17.6 Å². The number of alkyl halides is 2. The summed E-state index contributed by atoms with van der Waals surface area (Å²) >= 11 is 0. The predicted octanol–water partition coefficient (Wildman–Crippen LogP) is 4.20. The van der Waals surface area contributed by atoms with E-state index in [0.717, 1.165) is 12.1 Å². The summed E-state index contributed by atoms with van der Waals surface area (Å²) in [5.41, 5.74) is 0.696. The van der Waals surface area contributed by atoms with Gasteiger partial charge in [0.1, 0.15) is 11.8 Å². The predicted molar refractivity (Wildman–Crippen MR) is 93.6 cm³/mol. The third-order valence-electron chi connectivity index (χ3n) is 4.46. The molecule has 160 valence electrons. The van der Waals surface area contributed by atoms with Gasteiger partial charge in [0.05, 0.1) is 18.5 Å². The Morgan fingerprint density at radius 2 is 1.77 bits per heavy atom. The van der Waals surface area contributed by atoms with Gasteiger partial charge in [0.15, 0.2) is 23.1 Å². The SMILES string of the molecule is N.Oc1cc(-c2cnc(O[C@H]3C[C@@H](c4cc(F)c(OC(F)F)c(F)c4)C3)cn2)on1. The summed E-state index contributed by atoms with van der Waals surface area (Å²) in [6.07, 6.45) is 3.45. The van der Waals surface area contributed by atoms with Crippen molar-refractivity contribution in [1.82, 2.24) is 21.3 Å². The van der Waals surface area contributed by atoms with Crippen LogP contribution in [0.3, 0.4) is 0 Å². The lowest BCUT2D eigenvalue weighted by molar-refractivity contribution is -0.0547. The van der Waals surface area contributed by atoms with E-state index in [-0.39, 0.29) is 35.7 Å². The molecular weight excluding hydrogens is 412 g/mol. The van der Waals surface area contributed by atoms with E-state index in [0.29, 0.717) is 24.1 Å². The molecule has 0 aliphatic heterocycles. The summed E-state index contributed by atoms with van der Waals surface area (Å²) < 4.78 is 66.4. The molecule has 3 aromatic rings. The van der Waals surface area contributed by atoms with Crippen molar-refractivity contribution in [3.63, 3.8) is 0 Å². The maximum Gasteiger partial charge on any atom is 0.387 e. The largest absolute Gasteiger partial charge is 0.491 e. The van der Waals surface area contributed by atoms with Crippen LogP contribution in [0.15, 0.2) is 35.1 Å². The van der Waals surface area contributed by atoms with Gasteiger partial charge in [0, 0.05) is 0 Å². The smallest absolute Gasteiger partial charge is 0.387 e. The molecule has 30 heavy (non-hydrogen) atoms. The summed E-state index contributed by atoms with van der Waals surface area (Å²) in [6, 6.07) is 3.27. The number of aromatic nitrogens is 3. The van der Waals surface area contributed by atoms with Crippen LogP contribution in [0.25, 0.3) is 11.5 Å². The van der Waals surface area contributed by atoms with Gasteiger partial charge in [-0.25, -0.2) is 18.7 Å². The molecule has 12 heteroatoms. The Bertz CT molecular complexity index is 987. The maximum absolute atomic E-state index is 13.8. The Morgan fingerprint density at radius 1 is 1.07 bits per heavy atom. The van der Waals surface area contributed by atoms with Gasteiger partial charge in [-0.1, -0.05) is 0 Å². The molecule has 1 aliphatic carbocycles. The quantitative estimate of drug-likeness (QED) is 0.560. The van der Waals surface area contributed by atoms with Gasteiger partial charge < -0.3 is 25.3 Å². The van der Waals surface area contributed by atoms with Crippen LogP contribution in [0, 0.1) is 11.6 Å². The lowest BCUT2D eigenvalue weighted by atomic mass is 9.77. The molecule has 1 aliphatic rings. The van der Waals surface area contributed by atoms with Crippen LogP contribution in [0.1, 0.15) is 24.3 Å². The third-order valence-corrected chi connectivity index (χ3v) is 4.46. The number of benzene rings is 1. The zero-order valence-electron chi connectivity index (χ0n) is 15.3. The number of hydrogen-bond acceptors (Lipinski definition) is 8. The van der Waals surface area contributed by atoms with Gasteiger partial charge in [-0.2, -0.15) is 8.78 Å². The highest BCUT2D eigenvalue weighted by Gasteiger charge is 2.34. The molecule has 0 atom stereocenters. The van der Waals surface area contributed by atoms with Gasteiger partial charge in [0.25, 0.3) is 5.88 Å². The number of halogens is 4. The summed E-state index contributed by atoms with van der Waals surface area (Å²) in [6.45, 7) is -3.31. The molecule has 1 fully saturated rings. The molecule has 0 amide bonds. The number of aromatic hydroxyl groups is 1. The molecule has 1 aromatic carbocycles. The monoisotopic (exact) mass is 428 g/mol. The van der Waals surface area contributed by atoms with E-state index < -0.39 is 24.0 Å². The van der Waals surface area contributed by atoms with Crippen molar-refractivity contribution in [3.05, 3.63) is 47.8 Å². The Morgan fingerprint density at radius 3 is 2.30 bits per heavy atom. The molecular formula is C18H16F4N4O4. The molecule has 8 nitrogen and oxygen atoms in total. The summed E-state index contributed by atoms with van der Waals surface area (Å²) in [4.78, 5) is 8.19. The van der Waals surface area contributed by atoms with Crippen LogP contribution in [0.5, 0.6) is 17.5 Å². The molecule has 0 bridgehead atoms. The number of nitrogens with zero attached hydrogens (tertiary/aromatic N) is 3. The molecule has 0 unspecified atom stereocenters. The first-order valence-corrected chi connectivity index (χ1v) is 8.47. The Labute approximate surface area is 167 Å². The summed E-state index contributed by atoms with van der Waals surface area (Å²) in [5, 5.41) is 12.5. The fourth-order valence-electron chi connectivity index (χ4n) is 3.01. The zero-order valence-corrected chi connectivity index (χ0v) is 15.3. The van der Waals surface area contributed by atoms with E-state index >= 15 is 0 Å². The molecule has 0 spiro atoms. The minimum absolute atomic E-state index is 0. The van der Waals surface area contributed by atoms with E-state index in [1.807, 2.05) is 0 Å². The third kappa shape index (κ3) is 4.43. The highest BCUT2D eigenvalue weighted by molar-refractivity contribution is 5.51. The standard InChI is InChI=1S/C18H13F4N3O4.H3N/c19-11-3-9(4-12(20)17(11)28-18(21)22)8-1-10(2-8)27-16-7-23-13(6-24-16)14-5-15(26)25-29-14;/h3-8,10,18H,1-2H2,(H,25,26);1H3/t8-,10+;. The normalized spacial score (nSPS) is 17.9. The van der Waals surface area contributed by atoms with Gasteiger partial charge in [-0.3, -0.25) is 0 Å². The average molecular weight is 428 g/mol. The van der Waals surface area contributed by atoms with Gasteiger partial charge in [-0.15, -0.1) is 0 Å². The van der Waals surface area contributed by atoms with E-state index in [4.69, 9.17) is 14.4 Å². The van der Waals surface area contributed by atoms with E-state index in [1.54, 1.807) is 0 Å². The fourth-order valence-corrected chi connectivity index (χ4v) is 3.01. The number of ether oxygens (including phenoxy) is 2. The van der Waals surface area contributed by atoms with Crippen molar-refractivity contribution in [2.75, 3.05) is 0 Å². The minimum atomic E-state index is -3.31. The van der Waals surface area contributed by atoms with Crippen molar-refractivity contribution < 1.29 is 36.7 Å². The van der Waals surface area contributed by atoms with Crippen LogP contribution >= 0.6 is 0 Å². The van der Waals surface area contributed by atoms with E-state index in [2.05, 4.69) is 19.9 Å². The fraction of sp³-hybridized carbons (Fsp3) is 0.278. The molecule has 4 rings (SSSR count). The Hall–Kier alpha value is -3.41. The highest BCUT2D eigenvalue weighted by atomic mass is 19.3. The van der Waals surface area contributed by atoms with Crippen LogP contribution < -0.4 is 15.6 Å². The van der Waals surface area contributed by atoms with Crippen molar-refractivity contribution in [1.29, 1.82) is 0 Å². The van der Waals surface area contributed by atoms with Crippen molar-refractivity contribution >= 4 is 0 Å². The lowest BCUT2D eigenvalue weighted by Crippen LogP contribution is -2.32. The van der Waals surface area contributed by atoms with Crippen molar-refractivity contribution in [3.8, 4) is 29.0 Å². The topological polar surface area (TPSA) is 126 Å². The average Bonchev–Trinajstić information content (AvgIpc) is 3.07.